The summed E-state index contributed by atoms with van der Waals surface area (Å²) in [5.74, 6) is 1.98. The van der Waals surface area contributed by atoms with Crippen molar-refractivity contribution in [3.05, 3.63) is 48.2 Å². The molecule has 0 amide bonds. The molecule has 0 aliphatic heterocycles. The van der Waals surface area contributed by atoms with Crippen molar-refractivity contribution in [1.29, 1.82) is 0 Å². The standard InChI is InChI=1S/C14H15NO3/c1-16-10-11-4-3-5-12(8-11)18-13-6-7-15-14(9-13)17-2/h3-9H,10H2,1-2H3. The molecule has 0 fully saturated rings. The zero-order valence-corrected chi connectivity index (χ0v) is 10.4. The first kappa shape index (κ1) is 12.4. The number of pyridine rings is 1. The molecule has 4 heteroatoms. The molecule has 0 saturated carbocycles. The normalized spacial score (nSPS) is 10.1. The van der Waals surface area contributed by atoms with E-state index < -0.39 is 0 Å². The van der Waals surface area contributed by atoms with Crippen LogP contribution in [0.5, 0.6) is 17.4 Å². The number of hydrogen-bond donors (Lipinski definition) is 0. The summed E-state index contributed by atoms with van der Waals surface area (Å²) in [5.41, 5.74) is 1.07. The molecule has 0 unspecified atom stereocenters. The first-order chi connectivity index (χ1) is 8.81. The van der Waals surface area contributed by atoms with Crippen LogP contribution in [0.3, 0.4) is 0 Å². The minimum Gasteiger partial charge on any atom is -0.481 e. The van der Waals surface area contributed by atoms with Crippen molar-refractivity contribution in [2.75, 3.05) is 14.2 Å². The van der Waals surface area contributed by atoms with E-state index in [-0.39, 0.29) is 0 Å². The van der Waals surface area contributed by atoms with Crippen molar-refractivity contribution in [2.45, 2.75) is 6.61 Å². The molecule has 2 rings (SSSR count). The van der Waals surface area contributed by atoms with E-state index in [1.807, 2.05) is 24.3 Å². The highest BCUT2D eigenvalue weighted by Crippen LogP contribution is 2.24. The fourth-order valence-electron chi connectivity index (χ4n) is 1.57. The van der Waals surface area contributed by atoms with E-state index in [0.717, 1.165) is 11.3 Å². The third-order valence-electron chi connectivity index (χ3n) is 2.36. The van der Waals surface area contributed by atoms with Crippen molar-refractivity contribution in [2.24, 2.45) is 0 Å². The fourth-order valence-corrected chi connectivity index (χ4v) is 1.57. The minimum atomic E-state index is 0.528. The van der Waals surface area contributed by atoms with Gasteiger partial charge in [-0.3, -0.25) is 0 Å². The Kier molecular flexibility index (Phi) is 4.15. The molecule has 0 saturated heterocycles. The minimum absolute atomic E-state index is 0.528. The van der Waals surface area contributed by atoms with Gasteiger partial charge in [-0.2, -0.15) is 0 Å². The number of nitrogens with zero attached hydrogens (tertiary/aromatic N) is 1. The Labute approximate surface area is 106 Å². The van der Waals surface area contributed by atoms with Crippen LogP contribution < -0.4 is 9.47 Å². The molecule has 18 heavy (non-hydrogen) atoms. The van der Waals surface area contributed by atoms with Crippen molar-refractivity contribution in [3.8, 4) is 17.4 Å². The smallest absolute Gasteiger partial charge is 0.216 e. The van der Waals surface area contributed by atoms with Gasteiger partial charge in [-0.25, -0.2) is 4.98 Å². The Morgan fingerprint density at radius 2 is 1.89 bits per heavy atom. The van der Waals surface area contributed by atoms with Crippen molar-refractivity contribution in [3.63, 3.8) is 0 Å². The summed E-state index contributed by atoms with van der Waals surface area (Å²) in [6.45, 7) is 0.566. The molecule has 4 nitrogen and oxygen atoms in total. The first-order valence-corrected chi connectivity index (χ1v) is 5.57. The molecule has 1 heterocycles. The lowest BCUT2D eigenvalue weighted by molar-refractivity contribution is 0.184. The van der Waals surface area contributed by atoms with Crippen molar-refractivity contribution in [1.82, 2.24) is 4.98 Å². The summed E-state index contributed by atoms with van der Waals surface area (Å²) in [6, 6.07) is 11.3. The Balaban J connectivity index is 2.14. The van der Waals surface area contributed by atoms with Crippen LogP contribution in [0, 0.1) is 0 Å². The van der Waals surface area contributed by atoms with E-state index in [1.54, 1.807) is 32.5 Å². The number of aromatic nitrogens is 1. The number of hydrogen-bond acceptors (Lipinski definition) is 4. The average molecular weight is 245 g/mol. The molecule has 0 bridgehead atoms. The van der Waals surface area contributed by atoms with Gasteiger partial charge in [-0.15, -0.1) is 0 Å². The Bertz CT molecular complexity index is 514. The van der Waals surface area contributed by atoms with Crippen LogP contribution in [0.15, 0.2) is 42.6 Å². The third kappa shape index (κ3) is 3.21. The summed E-state index contributed by atoms with van der Waals surface area (Å²) in [7, 11) is 3.24. The van der Waals surface area contributed by atoms with Gasteiger partial charge in [-0.05, 0) is 23.8 Å². The maximum atomic E-state index is 5.73. The average Bonchev–Trinajstić information content (AvgIpc) is 2.40. The third-order valence-corrected chi connectivity index (χ3v) is 2.36. The highest BCUT2D eigenvalue weighted by Gasteiger charge is 2.01. The van der Waals surface area contributed by atoms with E-state index in [9.17, 15) is 0 Å². The molecule has 0 radical (unpaired) electrons. The molecule has 94 valence electrons. The van der Waals surface area contributed by atoms with Crippen molar-refractivity contribution < 1.29 is 14.2 Å². The molecule has 0 N–H and O–H groups in total. The summed E-state index contributed by atoms with van der Waals surface area (Å²) < 4.78 is 15.9. The van der Waals surface area contributed by atoms with Crippen LogP contribution in [0.4, 0.5) is 0 Å². The molecule has 1 aromatic heterocycles. The van der Waals surface area contributed by atoms with Gasteiger partial charge in [-0.1, -0.05) is 12.1 Å². The second-order valence-electron chi connectivity index (χ2n) is 3.72. The predicted octanol–water partition coefficient (Wildman–Crippen LogP) is 3.03. The van der Waals surface area contributed by atoms with Crippen LogP contribution in [0.2, 0.25) is 0 Å². The molecular formula is C14H15NO3. The SMILES string of the molecule is COCc1cccc(Oc2ccnc(OC)c2)c1. The van der Waals surface area contributed by atoms with E-state index >= 15 is 0 Å². The van der Waals surface area contributed by atoms with Gasteiger partial charge in [0.15, 0.2) is 0 Å². The van der Waals surface area contributed by atoms with Gasteiger partial charge in [0.05, 0.1) is 13.7 Å². The first-order valence-electron chi connectivity index (χ1n) is 5.57. The number of methoxy groups -OCH3 is 2. The van der Waals surface area contributed by atoms with Crippen LogP contribution in [-0.2, 0) is 11.3 Å². The summed E-state index contributed by atoms with van der Waals surface area (Å²) in [4.78, 5) is 4.02. The largest absolute Gasteiger partial charge is 0.481 e. The van der Waals surface area contributed by atoms with Gasteiger partial charge in [0.1, 0.15) is 11.5 Å². The summed E-state index contributed by atoms with van der Waals surface area (Å²) in [5, 5.41) is 0. The summed E-state index contributed by atoms with van der Waals surface area (Å²) >= 11 is 0. The molecule has 2 aromatic rings. The van der Waals surface area contributed by atoms with E-state index in [0.29, 0.717) is 18.2 Å². The van der Waals surface area contributed by atoms with E-state index in [1.165, 1.54) is 0 Å². The predicted molar refractivity (Wildman–Crippen MR) is 68.0 cm³/mol. The van der Waals surface area contributed by atoms with Gasteiger partial charge < -0.3 is 14.2 Å². The molecule has 0 atom stereocenters. The van der Waals surface area contributed by atoms with E-state index in [4.69, 9.17) is 14.2 Å². The molecule has 0 spiro atoms. The monoisotopic (exact) mass is 245 g/mol. The zero-order chi connectivity index (χ0) is 12.8. The number of rotatable bonds is 5. The zero-order valence-electron chi connectivity index (χ0n) is 10.4. The lowest BCUT2D eigenvalue weighted by Gasteiger charge is -2.08. The highest BCUT2D eigenvalue weighted by atomic mass is 16.5. The number of ether oxygens (including phenoxy) is 3. The van der Waals surface area contributed by atoms with Gasteiger partial charge in [0.2, 0.25) is 5.88 Å². The molecule has 1 aromatic carbocycles. The van der Waals surface area contributed by atoms with Crippen LogP contribution in [-0.4, -0.2) is 19.2 Å². The second-order valence-corrected chi connectivity index (χ2v) is 3.72. The quantitative estimate of drug-likeness (QED) is 0.811. The maximum absolute atomic E-state index is 5.73. The van der Waals surface area contributed by atoms with Gasteiger partial charge in [0, 0.05) is 19.4 Å². The molecule has 0 aliphatic rings. The molecule has 0 aliphatic carbocycles. The Morgan fingerprint density at radius 1 is 1.06 bits per heavy atom. The Morgan fingerprint density at radius 3 is 2.67 bits per heavy atom. The molecular weight excluding hydrogens is 230 g/mol. The van der Waals surface area contributed by atoms with Crippen LogP contribution >= 0.6 is 0 Å². The Hall–Kier alpha value is -2.07. The lowest BCUT2D eigenvalue weighted by atomic mass is 10.2. The fraction of sp³-hybridized carbons (Fsp3) is 0.214. The van der Waals surface area contributed by atoms with Gasteiger partial charge in [0.25, 0.3) is 0 Å². The number of benzene rings is 1. The van der Waals surface area contributed by atoms with Crippen molar-refractivity contribution >= 4 is 0 Å². The highest BCUT2D eigenvalue weighted by molar-refractivity contribution is 5.35. The second kappa shape index (κ2) is 6.02. The topological polar surface area (TPSA) is 40.6 Å². The summed E-state index contributed by atoms with van der Waals surface area (Å²) in [6.07, 6.45) is 1.65. The van der Waals surface area contributed by atoms with Crippen LogP contribution in [0.1, 0.15) is 5.56 Å². The van der Waals surface area contributed by atoms with Crippen LogP contribution in [0.25, 0.3) is 0 Å². The van der Waals surface area contributed by atoms with Gasteiger partial charge >= 0.3 is 0 Å². The van der Waals surface area contributed by atoms with E-state index in [2.05, 4.69) is 4.98 Å². The maximum Gasteiger partial charge on any atom is 0.216 e. The lowest BCUT2D eigenvalue weighted by Crippen LogP contribution is -1.91.